The molecule has 3 rings (SSSR count). The number of nitrogens with zero attached hydrogens (tertiary/aromatic N) is 1. The van der Waals surface area contributed by atoms with Crippen LogP contribution in [0, 0.1) is 10.8 Å². The van der Waals surface area contributed by atoms with E-state index in [-0.39, 0.29) is 19.5 Å². The minimum atomic E-state index is -4.29. The van der Waals surface area contributed by atoms with Crippen molar-refractivity contribution in [3.63, 3.8) is 0 Å². The quantitative estimate of drug-likeness (QED) is 0.786. The number of hydrogen-bond donors (Lipinski definition) is 0. The maximum atomic E-state index is 13.1. The average molecular weight is 269 g/mol. The zero-order valence-electron chi connectivity index (χ0n) is 10.3. The van der Waals surface area contributed by atoms with Gasteiger partial charge >= 0.3 is 6.18 Å². The molecular weight excluding hydrogens is 255 g/mol. The van der Waals surface area contributed by atoms with Crippen molar-refractivity contribution in [3.8, 4) is 0 Å². The molecule has 2 aliphatic rings. The molecule has 5 heteroatoms. The molecule has 1 aromatic rings. The molecule has 19 heavy (non-hydrogen) atoms. The van der Waals surface area contributed by atoms with Gasteiger partial charge in [-0.05, 0) is 12.0 Å². The molecule has 1 aromatic carbocycles. The number of benzene rings is 1. The average Bonchev–Trinajstić information content (AvgIpc) is 2.90. The van der Waals surface area contributed by atoms with E-state index in [1.54, 1.807) is 4.90 Å². The monoisotopic (exact) mass is 269 g/mol. The standard InChI is InChI=1S/C14H14F3NO/c15-14(16,17)13-7-12(13,10-19)8-18(9-13)6-11-4-2-1-3-5-11/h1-5,10H,6-9H2/t12-,13-/m0/s1. The van der Waals surface area contributed by atoms with Crippen molar-refractivity contribution in [2.45, 2.75) is 19.1 Å². The van der Waals surface area contributed by atoms with E-state index >= 15 is 0 Å². The topological polar surface area (TPSA) is 20.3 Å². The minimum absolute atomic E-state index is 0.0434. The fourth-order valence-electron chi connectivity index (χ4n) is 3.37. The summed E-state index contributed by atoms with van der Waals surface area (Å²) in [4.78, 5) is 12.8. The van der Waals surface area contributed by atoms with Gasteiger partial charge in [0.15, 0.2) is 0 Å². The molecule has 1 aliphatic heterocycles. The molecule has 0 N–H and O–H groups in total. The molecule has 2 atom stereocenters. The number of piperidine rings is 1. The Bertz CT molecular complexity index is 501. The zero-order valence-corrected chi connectivity index (χ0v) is 10.3. The first-order chi connectivity index (χ1) is 8.92. The number of likely N-dealkylation sites (tertiary alicyclic amines) is 1. The Morgan fingerprint density at radius 1 is 1.21 bits per heavy atom. The van der Waals surface area contributed by atoms with Crippen molar-refractivity contribution in [3.05, 3.63) is 35.9 Å². The van der Waals surface area contributed by atoms with E-state index in [1.165, 1.54) is 0 Å². The highest BCUT2D eigenvalue weighted by Crippen LogP contribution is 2.73. The largest absolute Gasteiger partial charge is 0.396 e. The van der Waals surface area contributed by atoms with E-state index in [9.17, 15) is 18.0 Å². The van der Waals surface area contributed by atoms with Crippen molar-refractivity contribution in [1.29, 1.82) is 0 Å². The molecular formula is C14H14F3NO. The smallest absolute Gasteiger partial charge is 0.303 e. The van der Waals surface area contributed by atoms with E-state index in [1.807, 2.05) is 30.3 Å². The van der Waals surface area contributed by atoms with Crippen LogP contribution in [0.2, 0.25) is 0 Å². The molecule has 2 nitrogen and oxygen atoms in total. The predicted molar refractivity (Wildman–Crippen MR) is 63.3 cm³/mol. The van der Waals surface area contributed by atoms with Gasteiger partial charge in [0.05, 0.1) is 10.8 Å². The number of halogens is 3. The van der Waals surface area contributed by atoms with Crippen LogP contribution in [0.4, 0.5) is 13.2 Å². The number of carbonyl (C=O) groups is 1. The lowest BCUT2D eigenvalue weighted by Crippen LogP contribution is -2.33. The van der Waals surface area contributed by atoms with Crippen LogP contribution in [0.1, 0.15) is 12.0 Å². The lowest BCUT2D eigenvalue weighted by molar-refractivity contribution is -0.192. The Morgan fingerprint density at radius 2 is 1.89 bits per heavy atom. The third-order valence-corrected chi connectivity index (χ3v) is 4.46. The third kappa shape index (κ3) is 1.71. The molecule has 0 spiro atoms. The van der Waals surface area contributed by atoms with Crippen LogP contribution in [-0.4, -0.2) is 30.5 Å². The summed E-state index contributed by atoms with van der Waals surface area (Å²) in [6, 6.07) is 9.37. The SMILES string of the molecule is O=C[C@]12CN(Cc3ccccc3)C[C@@]1(C(F)(F)F)C2. The summed E-state index contributed by atoms with van der Waals surface area (Å²) >= 11 is 0. The fraction of sp³-hybridized carbons (Fsp3) is 0.500. The number of alkyl halides is 3. The first-order valence-electron chi connectivity index (χ1n) is 6.22. The van der Waals surface area contributed by atoms with Crippen molar-refractivity contribution in [2.75, 3.05) is 13.1 Å². The van der Waals surface area contributed by atoms with Crippen LogP contribution >= 0.6 is 0 Å². The lowest BCUT2D eigenvalue weighted by Gasteiger charge is -2.22. The van der Waals surface area contributed by atoms with Crippen molar-refractivity contribution in [1.82, 2.24) is 4.90 Å². The molecule has 0 aromatic heterocycles. The van der Waals surface area contributed by atoms with Gasteiger partial charge in [0, 0.05) is 19.6 Å². The van der Waals surface area contributed by atoms with Crippen LogP contribution in [0.15, 0.2) is 30.3 Å². The normalized spacial score (nSPS) is 34.1. The van der Waals surface area contributed by atoms with Crippen LogP contribution in [0.3, 0.4) is 0 Å². The molecule has 1 aliphatic carbocycles. The zero-order chi connectivity index (χ0) is 13.7. The number of rotatable bonds is 3. The first kappa shape index (κ1) is 12.7. The molecule has 2 fully saturated rings. The van der Waals surface area contributed by atoms with Gasteiger partial charge in [0.25, 0.3) is 0 Å². The number of aldehydes is 1. The maximum absolute atomic E-state index is 13.1. The molecule has 0 bridgehead atoms. The molecule has 1 saturated carbocycles. The summed E-state index contributed by atoms with van der Waals surface area (Å²) in [7, 11) is 0. The van der Waals surface area contributed by atoms with Gasteiger partial charge < -0.3 is 4.79 Å². The molecule has 1 heterocycles. The highest BCUT2D eigenvalue weighted by molar-refractivity contribution is 5.69. The second kappa shape index (κ2) is 3.82. The Balaban J connectivity index is 1.78. The highest BCUT2D eigenvalue weighted by Gasteiger charge is 2.83. The molecule has 102 valence electrons. The van der Waals surface area contributed by atoms with Gasteiger partial charge in [-0.2, -0.15) is 13.2 Å². The lowest BCUT2D eigenvalue weighted by atomic mass is 9.97. The van der Waals surface area contributed by atoms with Crippen LogP contribution in [0.5, 0.6) is 0 Å². The van der Waals surface area contributed by atoms with E-state index in [0.29, 0.717) is 12.8 Å². The summed E-state index contributed by atoms with van der Waals surface area (Å²) in [6.45, 7) is 0.614. The van der Waals surface area contributed by atoms with E-state index < -0.39 is 17.0 Å². The highest BCUT2D eigenvalue weighted by atomic mass is 19.4. The minimum Gasteiger partial charge on any atom is -0.303 e. The second-order valence-electron chi connectivity index (χ2n) is 5.66. The van der Waals surface area contributed by atoms with Gasteiger partial charge in [0.2, 0.25) is 0 Å². The van der Waals surface area contributed by atoms with Crippen LogP contribution < -0.4 is 0 Å². The molecule has 1 saturated heterocycles. The maximum Gasteiger partial charge on any atom is 0.396 e. The van der Waals surface area contributed by atoms with Crippen molar-refractivity contribution >= 4 is 6.29 Å². The van der Waals surface area contributed by atoms with Gasteiger partial charge in [-0.15, -0.1) is 0 Å². The van der Waals surface area contributed by atoms with E-state index in [4.69, 9.17) is 0 Å². The predicted octanol–water partition coefficient (Wildman–Crippen LogP) is 2.64. The van der Waals surface area contributed by atoms with Gasteiger partial charge in [-0.25, -0.2) is 0 Å². The van der Waals surface area contributed by atoms with E-state index in [2.05, 4.69) is 0 Å². The fourth-order valence-corrected chi connectivity index (χ4v) is 3.37. The van der Waals surface area contributed by atoms with Gasteiger partial charge in [0.1, 0.15) is 6.29 Å². The summed E-state index contributed by atoms with van der Waals surface area (Å²) in [5.74, 6) is 0. The second-order valence-corrected chi connectivity index (χ2v) is 5.66. The van der Waals surface area contributed by atoms with Crippen molar-refractivity contribution < 1.29 is 18.0 Å². The van der Waals surface area contributed by atoms with Gasteiger partial charge in [-0.3, -0.25) is 4.90 Å². The number of fused-ring (bicyclic) bond motifs is 1. The molecule has 0 radical (unpaired) electrons. The summed E-state index contributed by atoms with van der Waals surface area (Å²) in [5.41, 5.74) is -2.02. The Kier molecular flexibility index (Phi) is 2.55. The van der Waals surface area contributed by atoms with Crippen LogP contribution in [0.25, 0.3) is 0 Å². The Hall–Kier alpha value is -1.36. The molecule has 0 amide bonds. The molecule has 0 unspecified atom stereocenters. The Labute approximate surface area is 109 Å². The summed E-state index contributed by atoms with van der Waals surface area (Å²) < 4.78 is 39.4. The number of carbonyl (C=O) groups excluding carboxylic acids is 1. The third-order valence-electron chi connectivity index (χ3n) is 4.46. The van der Waals surface area contributed by atoms with Crippen LogP contribution in [-0.2, 0) is 11.3 Å². The summed E-state index contributed by atoms with van der Waals surface area (Å²) in [6.07, 6.45) is -3.82. The summed E-state index contributed by atoms with van der Waals surface area (Å²) in [5, 5.41) is 0. The first-order valence-corrected chi connectivity index (χ1v) is 6.22. The Morgan fingerprint density at radius 3 is 2.42 bits per heavy atom. The van der Waals surface area contributed by atoms with Gasteiger partial charge in [-0.1, -0.05) is 30.3 Å². The van der Waals surface area contributed by atoms with Crippen molar-refractivity contribution in [2.24, 2.45) is 10.8 Å². The van der Waals surface area contributed by atoms with E-state index in [0.717, 1.165) is 5.56 Å². The number of hydrogen-bond acceptors (Lipinski definition) is 2.